The van der Waals surface area contributed by atoms with Crippen LogP contribution in [-0.2, 0) is 6.54 Å². The molecule has 3 nitrogen and oxygen atoms in total. The summed E-state index contributed by atoms with van der Waals surface area (Å²) < 4.78 is 13.0. The highest BCUT2D eigenvalue weighted by molar-refractivity contribution is 5.92. The van der Waals surface area contributed by atoms with Crippen molar-refractivity contribution in [1.29, 1.82) is 0 Å². The molecule has 4 heteroatoms. The lowest BCUT2D eigenvalue weighted by atomic mass is 10.1. The van der Waals surface area contributed by atoms with Crippen LogP contribution in [0.1, 0.15) is 5.56 Å². The fraction of sp³-hybridized carbons (Fsp3) is 0.125. The first-order chi connectivity index (χ1) is 5.77. The molecule has 0 saturated carbocycles. The van der Waals surface area contributed by atoms with Gasteiger partial charge in [-0.1, -0.05) is 12.1 Å². The van der Waals surface area contributed by atoms with E-state index in [0.29, 0.717) is 0 Å². The zero-order valence-electron chi connectivity index (χ0n) is 6.17. The zero-order valence-corrected chi connectivity index (χ0v) is 6.17. The maximum Gasteiger partial charge on any atom is 0.341 e. The quantitative estimate of drug-likeness (QED) is 0.621. The molecular formula is C8H6FN2O. The van der Waals surface area contributed by atoms with Crippen LogP contribution in [0.2, 0.25) is 0 Å². The first kappa shape index (κ1) is 7.09. The smallest absolute Gasteiger partial charge is 0.303 e. The van der Waals surface area contributed by atoms with Gasteiger partial charge in [-0.25, -0.2) is 14.5 Å². The molecular weight excluding hydrogens is 159 g/mol. The molecule has 61 valence electrons. The first-order valence-electron chi connectivity index (χ1n) is 3.53. The number of nitrogens with zero attached hydrogens (tertiary/aromatic N) is 1. The van der Waals surface area contributed by atoms with E-state index in [2.05, 4.69) is 10.6 Å². The molecule has 1 aromatic carbocycles. The summed E-state index contributed by atoms with van der Waals surface area (Å²) in [7, 11) is 0. The Kier molecular flexibility index (Phi) is 1.46. The largest absolute Gasteiger partial charge is 0.341 e. The summed E-state index contributed by atoms with van der Waals surface area (Å²) in [5.74, 6) is -0.407. The zero-order chi connectivity index (χ0) is 8.55. The third-order valence-corrected chi connectivity index (χ3v) is 1.72. The number of anilines is 1. The number of hydrogen-bond donors (Lipinski definition) is 1. The minimum Gasteiger partial charge on any atom is -0.303 e. The Morgan fingerprint density at radius 1 is 1.50 bits per heavy atom. The topological polar surface area (TPSA) is 43.2 Å². The summed E-state index contributed by atoms with van der Waals surface area (Å²) >= 11 is 0. The molecule has 2 amide bonds. The van der Waals surface area contributed by atoms with Gasteiger partial charge in [-0.05, 0) is 6.07 Å². The normalized spacial score (nSPS) is 14.6. The average molecular weight is 165 g/mol. The molecule has 0 aliphatic carbocycles. The number of halogens is 1. The van der Waals surface area contributed by atoms with Gasteiger partial charge in [0, 0.05) is 5.56 Å². The maximum atomic E-state index is 13.0. The molecule has 1 N–H and O–H groups in total. The Morgan fingerprint density at radius 3 is 3.17 bits per heavy atom. The molecule has 0 saturated heterocycles. The van der Waals surface area contributed by atoms with Gasteiger partial charge in [0.25, 0.3) is 0 Å². The highest BCUT2D eigenvalue weighted by Gasteiger charge is 2.17. The Balaban J connectivity index is 2.50. The third kappa shape index (κ3) is 1.01. The predicted molar refractivity (Wildman–Crippen MR) is 41.3 cm³/mol. The minimum atomic E-state index is -0.479. The van der Waals surface area contributed by atoms with Crippen molar-refractivity contribution >= 4 is 11.7 Å². The summed E-state index contributed by atoms with van der Waals surface area (Å²) in [6.07, 6.45) is 0. The van der Waals surface area contributed by atoms with Crippen molar-refractivity contribution in [1.82, 2.24) is 5.32 Å². The van der Waals surface area contributed by atoms with Gasteiger partial charge in [0.05, 0.1) is 12.2 Å². The molecule has 0 spiro atoms. The van der Waals surface area contributed by atoms with Crippen LogP contribution in [-0.4, -0.2) is 6.03 Å². The average Bonchev–Trinajstić information content (AvgIpc) is 2.07. The lowest BCUT2D eigenvalue weighted by molar-refractivity contribution is 0.250. The van der Waals surface area contributed by atoms with Crippen molar-refractivity contribution in [3.8, 4) is 0 Å². The van der Waals surface area contributed by atoms with E-state index in [-0.39, 0.29) is 12.2 Å². The van der Waals surface area contributed by atoms with E-state index in [1.54, 1.807) is 12.1 Å². The Labute approximate surface area is 68.6 Å². The first-order valence-corrected chi connectivity index (χ1v) is 3.53. The van der Waals surface area contributed by atoms with Gasteiger partial charge in [-0.2, -0.15) is 0 Å². The number of benzene rings is 1. The number of carbonyl (C=O) groups is 1. The molecule has 1 aromatic rings. The highest BCUT2D eigenvalue weighted by atomic mass is 19.1. The molecule has 0 unspecified atom stereocenters. The maximum absolute atomic E-state index is 13.0. The Morgan fingerprint density at radius 2 is 2.33 bits per heavy atom. The summed E-state index contributed by atoms with van der Waals surface area (Å²) in [5, 5.41) is 5.94. The lowest BCUT2D eigenvalue weighted by Crippen LogP contribution is -2.28. The van der Waals surface area contributed by atoms with Crippen LogP contribution in [0.3, 0.4) is 0 Å². The number of para-hydroxylation sites is 1. The molecule has 1 heterocycles. The molecule has 1 radical (unpaired) electrons. The van der Waals surface area contributed by atoms with Crippen LogP contribution in [0.25, 0.3) is 0 Å². The Hall–Kier alpha value is -1.58. The van der Waals surface area contributed by atoms with Gasteiger partial charge in [0.1, 0.15) is 5.82 Å². The van der Waals surface area contributed by atoms with Crippen molar-refractivity contribution < 1.29 is 9.18 Å². The summed E-state index contributed by atoms with van der Waals surface area (Å²) in [6, 6.07) is 4.17. The van der Waals surface area contributed by atoms with Gasteiger partial charge in [-0.15, -0.1) is 0 Å². The van der Waals surface area contributed by atoms with Gasteiger partial charge >= 0.3 is 6.03 Å². The molecule has 1 aliphatic rings. The van der Waals surface area contributed by atoms with Crippen molar-refractivity contribution in [3.05, 3.63) is 29.6 Å². The SMILES string of the molecule is O=C1[N]Cc2cccc(F)c2N1. The van der Waals surface area contributed by atoms with Gasteiger partial charge in [0.15, 0.2) is 0 Å². The predicted octanol–water partition coefficient (Wildman–Crippen LogP) is 1.48. The van der Waals surface area contributed by atoms with Crippen LogP contribution in [0.15, 0.2) is 18.2 Å². The van der Waals surface area contributed by atoms with E-state index in [4.69, 9.17) is 0 Å². The Bertz CT molecular complexity index is 338. The highest BCUT2D eigenvalue weighted by Crippen LogP contribution is 2.22. The monoisotopic (exact) mass is 165 g/mol. The number of rotatable bonds is 0. The second-order valence-corrected chi connectivity index (χ2v) is 2.52. The molecule has 0 fully saturated rings. The van der Waals surface area contributed by atoms with Crippen molar-refractivity contribution in [2.75, 3.05) is 5.32 Å². The van der Waals surface area contributed by atoms with Gasteiger partial charge < -0.3 is 5.32 Å². The lowest BCUT2D eigenvalue weighted by Gasteiger charge is -2.16. The summed E-state index contributed by atoms with van der Waals surface area (Å²) in [5.41, 5.74) is 0.979. The summed E-state index contributed by atoms with van der Waals surface area (Å²) in [6.45, 7) is 0.263. The number of nitrogens with one attached hydrogen (secondary N) is 1. The number of urea groups is 1. The van der Waals surface area contributed by atoms with E-state index in [9.17, 15) is 9.18 Å². The van der Waals surface area contributed by atoms with Crippen molar-refractivity contribution in [2.45, 2.75) is 6.54 Å². The van der Waals surface area contributed by atoms with E-state index in [1.807, 2.05) is 0 Å². The van der Waals surface area contributed by atoms with Crippen LogP contribution < -0.4 is 10.6 Å². The van der Waals surface area contributed by atoms with Crippen LogP contribution in [0.5, 0.6) is 0 Å². The molecule has 0 bridgehead atoms. The van der Waals surface area contributed by atoms with Gasteiger partial charge in [-0.3, -0.25) is 0 Å². The summed E-state index contributed by atoms with van der Waals surface area (Å²) in [4.78, 5) is 10.7. The molecule has 0 aromatic heterocycles. The van der Waals surface area contributed by atoms with E-state index >= 15 is 0 Å². The van der Waals surface area contributed by atoms with E-state index in [1.165, 1.54) is 6.07 Å². The second kappa shape index (κ2) is 2.48. The van der Waals surface area contributed by atoms with Crippen LogP contribution in [0, 0.1) is 5.82 Å². The fourth-order valence-corrected chi connectivity index (χ4v) is 1.14. The molecule has 1 aliphatic heterocycles. The molecule has 0 atom stereocenters. The second-order valence-electron chi connectivity index (χ2n) is 2.52. The van der Waals surface area contributed by atoms with Gasteiger partial charge in [0.2, 0.25) is 0 Å². The van der Waals surface area contributed by atoms with Crippen molar-refractivity contribution in [3.63, 3.8) is 0 Å². The van der Waals surface area contributed by atoms with Crippen molar-refractivity contribution in [2.24, 2.45) is 0 Å². The minimum absolute atomic E-state index is 0.262. The molecule has 2 rings (SSSR count). The standard InChI is InChI=1S/C8H6FN2O/c9-6-3-1-2-5-4-10-8(12)11-7(5)6/h1-3H,4H2,(H,11,12). The van der Waals surface area contributed by atoms with Crippen LogP contribution in [0.4, 0.5) is 14.9 Å². The number of fused-ring (bicyclic) bond motifs is 1. The number of amides is 2. The third-order valence-electron chi connectivity index (χ3n) is 1.72. The van der Waals surface area contributed by atoms with E-state index < -0.39 is 11.8 Å². The van der Waals surface area contributed by atoms with Crippen LogP contribution >= 0.6 is 0 Å². The number of hydrogen-bond acceptors (Lipinski definition) is 1. The molecule has 12 heavy (non-hydrogen) atoms. The fourth-order valence-electron chi connectivity index (χ4n) is 1.14. The number of carbonyl (C=O) groups excluding carboxylic acids is 1. The van der Waals surface area contributed by atoms with E-state index in [0.717, 1.165) is 5.56 Å².